The van der Waals surface area contributed by atoms with Crippen LogP contribution >= 0.6 is 0 Å². The predicted octanol–water partition coefficient (Wildman–Crippen LogP) is 1.46. The third-order valence-corrected chi connectivity index (χ3v) is 3.39. The van der Waals surface area contributed by atoms with Crippen LogP contribution in [0.4, 0.5) is 10.5 Å². The van der Waals surface area contributed by atoms with Gasteiger partial charge >= 0.3 is 12.0 Å². The van der Waals surface area contributed by atoms with Gasteiger partial charge in [0.1, 0.15) is 5.75 Å². The lowest BCUT2D eigenvalue weighted by molar-refractivity contribution is -0.131. The summed E-state index contributed by atoms with van der Waals surface area (Å²) in [6.45, 7) is 6.36. The smallest absolute Gasteiger partial charge is 0.319 e. The quantitative estimate of drug-likeness (QED) is 0.471. The van der Waals surface area contributed by atoms with Crippen LogP contribution in [-0.2, 0) is 9.53 Å². The fourth-order valence-corrected chi connectivity index (χ4v) is 2.31. The number of carbonyl (C=O) groups excluding carboxylic acids is 2. The van der Waals surface area contributed by atoms with Gasteiger partial charge in [0.2, 0.25) is 0 Å². The third-order valence-electron chi connectivity index (χ3n) is 3.39. The van der Waals surface area contributed by atoms with Gasteiger partial charge in [0, 0.05) is 38.3 Å². The Balaban J connectivity index is 1.67. The van der Waals surface area contributed by atoms with Crippen LogP contribution in [0.3, 0.4) is 0 Å². The molecule has 1 aliphatic rings. The van der Waals surface area contributed by atoms with Gasteiger partial charge in [-0.2, -0.15) is 0 Å². The van der Waals surface area contributed by atoms with Gasteiger partial charge in [0.15, 0.2) is 0 Å². The van der Waals surface area contributed by atoms with Gasteiger partial charge in [-0.05, 0) is 25.1 Å². The number of morpholine rings is 1. The zero-order chi connectivity index (χ0) is 16.5. The molecule has 2 rings (SSSR count). The van der Waals surface area contributed by atoms with Crippen LogP contribution in [0, 0.1) is 0 Å². The molecule has 0 saturated carbocycles. The molecule has 0 spiro atoms. The average Bonchev–Trinajstić information content (AvgIpc) is 2.52. The lowest BCUT2D eigenvalue weighted by Gasteiger charge is -2.26. The number of nitrogens with zero attached hydrogens (tertiary/aromatic N) is 1. The van der Waals surface area contributed by atoms with Crippen LogP contribution in [0.5, 0.6) is 5.75 Å². The average molecular weight is 321 g/mol. The first-order valence-corrected chi connectivity index (χ1v) is 7.77. The fraction of sp³-hybridized carbons (Fsp3) is 0.500. The van der Waals surface area contributed by atoms with Gasteiger partial charge in [0.25, 0.3) is 0 Å². The van der Waals surface area contributed by atoms with Crippen molar-refractivity contribution in [2.75, 3.05) is 44.7 Å². The normalized spacial score (nSPS) is 15.0. The van der Waals surface area contributed by atoms with Gasteiger partial charge < -0.3 is 20.1 Å². The van der Waals surface area contributed by atoms with Gasteiger partial charge in [-0.25, -0.2) is 4.79 Å². The van der Waals surface area contributed by atoms with E-state index in [-0.39, 0.29) is 6.03 Å². The number of benzene rings is 1. The van der Waals surface area contributed by atoms with E-state index < -0.39 is 5.97 Å². The summed E-state index contributed by atoms with van der Waals surface area (Å²) in [5, 5.41) is 5.53. The largest absolute Gasteiger partial charge is 0.427 e. The standard InChI is InChI=1S/C16H23N3O4/c1-13(20)23-15-5-2-4-14(12-15)18-16(21)17-6-3-7-19-8-10-22-11-9-19/h2,4-5,12H,3,6-11H2,1H3,(H2,17,18,21). The van der Waals surface area contributed by atoms with E-state index in [9.17, 15) is 9.59 Å². The van der Waals surface area contributed by atoms with E-state index in [1.807, 2.05) is 0 Å². The lowest BCUT2D eigenvalue weighted by Crippen LogP contribution is -2.38. The summed E-state index contributed by atoms with van der Waals surface area (Å²) in [4.78, 5) is 25.1. The molecule has 2 N–H and O–H groups in total. The van der Waals surface area contributed by atoms with E-state index >= 15 is 0 Å². The predicted molar refractivity (Wildman–Crippen MR) is 86.6 cm³/mol. The molecule has 23 heavy (non-hydrogen) atoms. The second kappa shape index (κ2) is 9.12. The van der Waals surface area contributed by atoms with Crippen LogP contribution in [0.15, 0.2) is 24.3 Å². The molecule has 0 atom stereocenters. The highest BCUT2D eigenvalue weighted by Crippen LogP contribution is 2.17. The summed E-state index contributed by atoms with van der Waals surface area (Å²) in [5.74, 6) is 0.0114. The molecule has 1 aliphatic heterocycles. The van der Waals surface area contributed by atoms with Gasteiger partial charge in [0.05, 0.1) is 13.2 Å². The van der Waals surface area contributed by atoms with E-state index in [2.05, 4.69) is 15.5 Å². The highest BCUT2D eigenvalue weighted by Gasteiger charge is 2.09. The summed E-state index contributed by atoms with van der Waals surface area (Å²) < 4.78 is 10.3. The first-order valence-electron chi connectivity index (χ1n) is 7.77. The van der Waals surface area contributed by atoms with Gasteiger partial charge in [-0.15, -0.1) is 0 Å². The second-order valence-corrected chi connectivity index (χ2v) is 5.31. The van der Waals surface area contributed by atoms with Crippen molar-refractivity contribution in [1.29, 1.82) is 0 Å². The summed E-state index contributed by atoms with van der Waals surface area (Å²) in [7, 11) is 0. The number of anilines is 1. The van der Waals surface area contributed by atoms with Gasteiger partial charge in [-0.1, -0.05) is 6.07 Å². The van der Waals surface area contributed by atoms with Crippen molar-refractivity contribution in [3.8, 4) is 5.75 Å². The second-order valence-electron chi connectivity index (χ2n) is 5.31. The minimum Gasteiger partial charge on any atom is -0.427 e. The zero-order valence-corrected chi connectivity index (χ0v) is 13.3. The van der Waals surface area contributed by atoms with E-state index in [1.165, 1.54) is 6.92 Å². The Morgan fingerprint density at radius 3 is 2.83 bits per heavy atom. The van der Waals surface area contributed by atoms with Crippen molar-refractivity contribution >= 4 is 17.7 Å². The Kier molecular flexibility index (Phi) is 6.83. The Bertz CT molecular complexity index is 530. The van der Waals surface area contributed by atoms with Gasteiger partial charge in [-0.3, -0.25) is 9.69 Å². The number of hydrogen-bond donors (Lipinski definition) is 2. The number of amides is 2. The highest BCUT2D eigenvalue weighted by molar-refractivity contribution is 5.89. The SMILES string of the molecule is CC(=O)Oc1cccc(NC(=O)NCCCN2CCOCC2)c1. The maximum absolute atomic E-state index is 11.8. The fourth-order valence-electron chi connectivity index (χ4n) is 2.31. The van der Waals surface area contributed by atoms with E-state index in [0.29, 0.717) is 18.0 Å². The minimum absolute atomic E-state index is 0.271. The van der Waals surface area contributed by atoms with Crippen LogP contribution in [0.1, 0.15) is 13.3 Å². The van der Waals surface area contributed by atoms with Crippen molar-refractivity contribution in [1.82, 2.24) is 10.2 Å². The molecule has 1 fully saturated rings. The molecule has 0 radical (unpaired) electrons. The maximum Gasteiger partial charge on any atom is 0.319 e. The molecule has 0 bridgehead atoms. The van der Waals surface area contributed by atoms with E-state index in [1.54, 1.807) is 24.3 Å². The Hall–Kier alpha value is -2.12. The number of hydrogen-bond acceptors (Lipinski definition) is 5. The molecular formula is C16H23N3O4. The molecule has 126 valence electrons. The van der Waals surface area contributed by atoms with Crippen LogP contribution in [-0.4, -0.2) is 56.3 Å². The highest BCUT2D eigenvalue weighted by atomic mass is 16.5. The molecule has 7 nitrogen and oxygen atoms in total. The van der Waals surface area contributed by atoms with Crippen molar-refractivity contribution in [2.24, 2.45) is 0 Å². The molecule has 1 saturated heterocycles. The number of urea groups is 1. The topological polar surface area (TPSA) is 79.9 Å². The zero-order valence-electron chi connectivity index (χ0n) is 13.3. The summed E-state index contributed by atoms with van der Waals surface area (Å²) in [5.41, 5.74) is 0.578. The Morgan fingerprint density at radius 1 is 1.30 bits per heavy atom. The summed E-state index contributed by atoms with van der Waals surface area (Å²) in [6, 6.07) is 6.45. The number of carbonyl (C=O) groups is 2. The molecule has 1 aromatic carbocycles. The first kappa shape index (κ1) is 17.2. The van der Waals surface area contributed by atoms with E-state index in [0.717, 1.165) is 39.3 Å². The molecule has 1 aromatic rings. The number of esters is 1. The molecule has 0 unspecified atom stereocenters. The lowest BCUT2D eigenvalue weighted by atomic mass is 10.3. The van der Waals surface area contributed by atoms with Crippen LogP contribution in [0.2, 0.25) is 0 Å². The third kappa shape index (κ3) is 6.66. The Labute approximate surface area is 135 Å². The molecule has 0 aliphatic carbocycles. The molecular weight excluding hydrogens is 298 g/mol. The van der Waals surface area contributed by atoms with Crippen molar-refractivity contribution in [3.63, 3.8) is 0 Å². The first-order chi connectivity index (χ1) is 11.1. The number of ether oxygens (including phenoxy) is 2. The van der Waals surface area contributed by atoms with Crippen molar-refractivity contribution < 1.29 is 19.1 Å². The van der Waals surface area contributed by atoms with Crippen LogP contribution < -0.4 is 15.4 Å². The van der Waals surface area contributed by atoms with Crippen LogP contribution in [0.25, 0.3) is 0 Å². The van der Waals surface area contributed by atoms with Crippen molar-refractivity contribution in [3.05, 3.63) is 24.3 Å². The summed E-state index contributed by atoms with van der Waals surface area (Å²) in [6.07, 6.45) is 0.890. The monoisotopic (exact) mass is 321 g/mol. The molecule has 1 heterocycles. The number of rotatable bonds is 6. The van der Waals surface area contributed by atoms with E-state index in [4.69, 9.17) is 9.47 Å². The minimum atomic E-state index is -0.394. The molecule has 2 amide bonds. The molecule has 0 aromatic heterocycles. The summed E-state index contributed by atoms with van der Waals surface area (Å²) >= 11 is 0. The Morgan fingerprint density at radius 2 is 2.09 bits per heavy atom. The number of nitrogens with one attached hydrogen (secondary N) is 2. The maximum atomic E-state index is 11.8. The van der Waals surface area contributed by atoms with Crippen molar-refractivity contribution in [2.45, 2.75) is 13.3 Å². The molecule has 7 heteroatoms.